The molecular weight excluding hydrogens is 354 g/mol. The number of carbonyl (C=O) groups is 2. The van der Waals surface area contributed by atoms with Gasteiger partial charge in [0.15, 0.2) is 11.7 Å². The fourth-order valence-corrected chi connectivity index (χ4v) is 4.39. The summed E-state index contributed by atoms with van der Waals surface area (Å²) in [7, 11) is 1.87. The first-order valence-electron chi connectivity index (χ1n) is 9.25. The number of likely N-dealkylation sites (N-methyl/N-ethyl adjacent to an activating group) is 1. The minimum absolute atomic E-state index is 0.0292. The maximum absolute atomic E-state index is 12.7. The van der Waals surface area contributed by atoms with Gasteiger partial charge in [0.1, 0.15) is 13.2 Å². The number of hydrogen-bond donors (Lipinski definition) is 3. The zero-order valence-corrected chi connectivity index (χ0v) is 16.0. The predicted molar refractivity (Wildman–Crippen MR) is 94.0 cm³/mol. The molecule has 5 unspecified atom stereocenters. The van der Waals surface area contributed by atoms with Crippen LogP contribution in [-0.2, 0) is 19.1 Å². The van der Waals surface area contributed by atoms with Crippen LogP contribution in [0.4, 0.5) is 0 Å². The molecule has 0 aromatic heterocycles. The molecule has 2 saturated heterocycles. The number of ether oxygens (including phenoxy) is 2. The number of carbonyl (C=O) groups excluding carboxylic acids is 2. The smallest absolute Gasteiger partial charge is 0.341 e. The first-order chi connectivity index (χ1) is 12.6. The van der Waals surface area contributed by atoms with Crippen molar-refractivity contribution in [3.05, 3.63) is 23.3 Å². The van der Waals surface area contributed by atoms with Crippen LogP contribution in [0.1, 0.15) is 26.7 Å². The van der Waals surface area contributed by atoms with E-state index in [1.165, 1.54) is 0 Å². The van der Waals surface area contributed by atoms with E-state index in [9.17, 15) is 24.9 Å². The van der Waals surface area contributed by atoms with Crippen LogP contribution in [0.25, 0.3) is 0 Å². The summed E-state index contributed by atoms with van der Waals surface area (Å²) < 4.78 is 11.2. The lowest BCUT2D eigenvalue weighted by atomic mass is 9.84. The van der Waals surface area contributed by atoms with Gasteiger partial charge in [0, 0.05) is 17.9 Å². The highest BCUT2D eigenvalue weighted by atomic mass is 16.6. The molecule has 0 aliphatic carbocycles. The van der Waals surface area contributed by atoms with E-state index in [0.29, 0.717) is 25.1 Å². The van der Waals surface area contributed by atoms with Crippen molar-refractivity contribution in [3.8, 4) is 0 Å². The Bertz CT molecular complexity index is 717. The third-order valence-electron chi connectivity index (χ3n) is 6.52. The summed E-state index contributed by atoms with van der Waals surface area (Å²) in [5.74, 6) is -2.33. The van der Waals surface area contributed by atoms with Crippen molar-refractivity contribution >= 4 is 11.9 Å². The summed E-state index contributed by atoms with van der Waals surface area (Å²) in [4.78, 5) is 25.3. The van der Waals surface area contributed by atoms with Gasteiger partial charge in [-0.3, -0.25) is 4.48 Å². The van der Waals surface area contributed by atoms with Crippen molar-refractivity contribution in [2.24, 2.45) is 5.92 Å². The Morgan fingerprint density at radius 2 is 2.07 bits per heavy atom. The van der Waals surface area contributed by atoms with Gasteiger partial charge in [-0.25, -0.2) is 9.59 Å². The topological polar surface area (TPSA) is 113 Å². The molecule has 3 N–H and O–H groups in total. The minimum Gasteiger partial charge on any atom is -0.459 e. The third-order valence-corrected chi connectivity index (χ3v) is 6.52. The molecule has 150 valence electrons. The van der Waals surface area contributed by atoms with Crippen LogP contribution in [0.5, 0.6) is 0 Å². The zero-order chi connectivity index (χ0) is 20.0. The number of aliphatic hydroxyl groups is 3. The Kier molecular flexibility index (Phi) is 4.96. The molecule has 27 heavy (non-hydrogen) atoms. The van der Waals surface area contributed by atoms with E-state index >= 15 is 0 Å². The molecule has 0 amide bonds. The monoisotopic (exact) mass is 382 g/mol. The summed E-state index contributed by atoms with van der Waals surface area (Å²) in [5, 5.41) is 31.8. The molecule has 0 saturated carbocycles. The van der Waals surface area contributed by atoms with Crippen molar-refractivity contribution in [3.63, 3.8) is 0 Å². The van der Waals surface area contributed by atoms with E-state index < -0.39 is 41.9 Å². The summed E-state index contributed by atoms with van der Waals surface area (Å²) in [6.07, 6.45) is 3.13. The number of rotatable bonds is 1. The van der Waals surface area contributed by atoms with Crippen molar-refractivity contribution < 1.29 is 38.9 Å². The van der Waals surface area contributed by atoms with Gasteiger partial charge in [-0.05, 0) is 19.4 Å². The SMILES string of the molecule is C/C=C1/CC(C)C(O)(CO)C(=O)OCC2=CC[N+]3(C)CCC(OC1=O)C23O. The fourth-order valence-electron chi connectivity index (χ4n) is 4.39. The van der Waals surface area contributed by atoms with E-state index in [-0.39, 0.29) is 23.1 Å². The second-order valence-corrected chi connectivity index (χ2v) is 8.02. The zero-order valence-electron chi connectivity index (χ0n) is 16.0. The van der Waals surface area contributed by atoms with Crippen LogP contribution in [-0.4, -0.2) is 82.5 Å². The van der Waals surface area contributed by atoms with Gasteiger partial charge in [0.05, 0.1) is 25.8 Å². The maximum Gasteiger partial charge on any atom is 0.341 e. The molecule has 0 spiro atoms. The summed E-state index contributed by atoms with van der Waals surface area (Å²) >= 11 is 0. The lowest BCUT2D eigenvalue weighted by Gasteiger charge is -2.40. The average molecular weight is 382 g/mol. The van der Waals surface area contributed by atoms with E-state index in [0.717, 1.165) is 0 Å². The number of esters is 2. The maximum atomic E-state index is 12.7. The Morgan fingerprint density at radius 3 is 2.70 bits per heavy atom. The number of quaternary nitrogens is 1. The van der Waals surface area contributed by atoms with Crippen molar-refractivity contribution in [2.75, 3.05) is 33.4 Å². The second-order valence-electron chi connectivity index (χ2n) is 8.02. The molecule has 3 aliphatic heterocycles. The molecule has 0 aromatic rings. The van der Waals surface area contributed by atoms with Gasteiger partial charge in [-0.2, -0.15) is 0 Å². The molecule has 0 radical (unpaired) electrons. The second kappa shape index (κ2) is 6.70. The Morgan fingerprint density at radius 1 is 1.37 bits per heavy atom. The lowest BCUT2D eigenvalue weighted by Crippen LogP contribution is -2.61. The van der Waals surface area contributed by atoms with Crippen molar-refractivity contribution in [1.82, 2.24) is 0 Å². The molecule has 3 heterocycles. The predicted octanol–water partition coefficient (Wildman–Crippen LogP) is -0.370. The molecule has 8 heteroatoms. The normalized spacial score (nSPS) is 44.1. The Hall–Kier alpha value is -1.74. The van der Waals surface area contributed by atoms with Crippen LogP contribution in [0.3, 0.4) is 0 Å². The van der Waals surface area contributed by atoms with Crippen LogP contribution < -0.4 is 0 Å². The van der Waals surface area contributed by atoms with Gasteiger partial charge >= 0.3 is 11.9 Å². The number of hydrogen-bond acceptors (Lipinski definition) is 7. The van der Waals surface area contributed by atoms with E-state index in [4.69, 9.17) is 9.47 Å². The van der Waals surface area contributed by atoms with Crippen LogP contribution >= 0.6 is 0 Å². The first-order valence-corrected chi connectivity index (χ1v) is 9.25. The highest BCUT2D eigenvalue weighted by molar-refractivity contribution is 5.89. The summed E-state index contributed by atoms with van der Waals surface area (Å²) in [6.45, 7) is 3.30. The van der Waals surface area contributed by atoms with Gasteiger partial charge in [-0.15, -0.1) is 0 Å². The van der Waals surface area contributed by atoms with Crippen LogP contribution in [0.15, 0.2) is 23.3 Å². The number of nitrogens with zero attached hydrogens (tertiary/aromatic N) is 1. The molecule has 2 fully saturated rings. The fraction of sp³-hybridized carbons (Fsp3) is 0.684. The molecule has 0 aromatic carbocycles. The molecule has 3 aliphatic rings. The number of aliphatic hydroxyl groups excluding tert-OH is 1. The largest absolute Gasteiger partial charge is 0.459 e. The van der Waals surface area contributed by atoms with Crippen molar-refractivity contribution in [1.29, 1.82) is 0 Å². The van der Waals surface area contributed by atoms with E-state index in [2.05, 4.69) is 0 Å². The molecule has 8 nitrogen and oxygen atoms in total. The average Bonchev–Trinajstić information content (AvgIpc) is 3.04. The van der Waals surface area contributed by atoms with Gasteiger partial charge < -0.3 is 24.8 Å². The Labute approximate surface area is 158 Å². The van der Waals surface area contributed by atoms with E-state index in [1.54, 1.807) is 26.0 Å². The van der Waals surface area contributed by atoms with Gasteiger partial charge in [0.25, 0.3) is 5.72 Å². The number of allylic oxidation sites excluding steroid dienone is 1. The molecular formula is C19H28NO7+. The third kappa shape index (κ3) is 2.82. The highest BCUT2D eigenvalue weighted by Gasteiger charge is 2.65. The molecule has 0 bridgehead atoms. The van der Waals surface area contributed by atoms with Gasteiger partial charge in [-0.1, -0.05) is 13.0 Å². The summed E-state index contributed by atoms with van der Waals surface area (Å²) in [6, 6.07) is 0. The summed E-state index contributed by atoms with van der Waals surface area (Å²) in [5.41, 5.74) is -2.90. The van der Waals surface area contributed by atoms with Crippen LogP contribution in [0.2, 0.25) is 0 Å². The van der Waals surface area contributed by atoms with Crippen molar-refractivity contribution in [2.45, 2.75) is 44.1 Å². The number of cyclic esters (lactones) is 1. The molecule has 5 atom stereocenters. The van der Waals surface area contributed by atoms with Crippen LogP contribution in [0, 0.1) is 5.92 Å². The van der Waals surface area contributed by atoms with E-state index in [1.807, 2.05) is 7.05 Å². The molecule has 3 rings (SSSR count). The quantitative estimate of drug-likeness (QED) is 0.245. The first kappa shape index (κ1) is 20.0. The highest BCUT2D eigenvalue weighted by Crippen LogP contribution is 2.45. The lowest BCUT2D eigenvalue weighted by molar-refractivity contribution is -0.955. The standard InChI is InChI=1S/C19H28NO7/c1-4-13-9-12(2)18(24,11-21)17(23)26-10-14-5-7-20(3)8-6-15(19(14,20)25)27-16(13)22/h4-5,12,15,21,24-25H,6-11H2,1-3H3/q+1/b13-4-. The minimum atomic E-state index is -2.15. The Balaban J connectivity index is 2.02. The van der Waals surface area contributed by atoms with Gasteiger partial charge in [0.2, 0.25) is 0 Å².